The number of hydrogen-bond acceptors (Lipinski definition) is 1. The van der Waals surface area contributed by atoms with Gasteiger partial charge in [-0.15, -0.1) is 6.58 Å². The van der Waals surface area contributed by atoms with Gasteiger partial charge >= 0.3 is 0 Å². The van der Waals surface area contributed by atoms with Crippen LogP contribution in [0.3, 0.4) is 0 Å². The van der Waals surface area contributed by atoms with Crippen LogP contribution in [0.2, 0.25) is 0 Å². The number of rotatable bonds is 6. The van der Waals surface area contributed by atoms with Gasteiger partial charge in [0.2, 0.25) is 0 Å². The maximum absolute atomic E-state index is 9.59. The van der Waals surface area contributed by atoms with E-state index in [1.54, 1.807) is 0 Å². The van der Waals surface area contributed by atoms with Crippen molar-refractivity contribution in [2.45, 2.75) is 31.8 Å². The van der Waals surface area contributed by atoms with E-state index in [-0.39, 0.29) is 6.10 Å². The van der Waals surface area contributed by atoms with Crippen molar-refractivity contribution in [2.24, 2.45) is 0 Å². The molecular weight excluding hydrogens is 172 g/mol. The van der Waals surface area contributed by atoms with Crippen LogP contribution in [-0.2, 0) is 6.42 Å². The minimum absolute atomic E-state index is 0.187. The monoisotopic (exact) mass is 190 g/mol. The molecule has 1 nitrogen and oxygen atoms in total. The fourth-order valence-electron chi connectivity index (χ4n) is 1.43. The first-order valence-corrected chi connectivity index (χ1v) is 5.16. The summed E-state index contributed by atoms with van der Waals surface area (Å²) in [6.07, 6.45) is 5.20. The SMILES string of the molecule is C=CCCC(O)CCc1ccccc1. The Morgan fingerprint density at radius 3 is 2.57 bits per heavy atom. The molecule has 1 N–H and O–H groups in total. The summed E-state index contributed by atoms with van der Waals surface area (Å²) in [5, 5.41) is 9.59. The van der Waals surface area contributed by atoms with Crippen molar-refractivity contribution in [3.05, 3.63) is 48.6 Å². The van der Waals surface area contributed by atoms with Crippen molar-refractivity contribution in [2.75, 3.05) is 0 Å². The van der Waals surface area contributed by atoms with Crippen LogP contribution in [0.5, 0.6) is 0 Å². The standard InChI is InChI=1S/C13H18O/c1-2-3-9-13(14)11-10-12-7-5-4-6-8-12/h2,4-8,13-14H,1,3,9-11H2. The number of aliphatic hydroxyl groups excluding tert-OH is 1. The minimum Gasteiger partial charge on any atom is -0.393 e. The van der Waals surface area contributed by atoms with Crippen LogP contribution in [0.4, 0.5) is 0 Å². The fourth-order valence-corrected chi connectivity index (χ4v) is 1.43. The maximum atomic E-state index is 9.59. The topological polar surface area (TPSA) is 20.2 Å². The van der Waals surface area contributed by atoms with Crippen LogP contribution >= 0.6 is 0 Å². The van der Waals surface area contributed by atoms with E-state index in [4.69, 9.17) is 0 Å². The molecule has 0 aliphatic rings. The molecule has 1 rings (SSSR count). The second-order valence-corrected chi connectivity index (χ2v) is 3.54. The quantitative estimate of drug-likeness (QED) is 0.684. The highest BCUT2D eigenvalue weighted by Gasteiger charge is 2.02. The van der Waals surface area contributed by atoms with Crippen molar-refractivity contribution >= 4 is 0 Å². The van der Waals surface area contributed by atoms with E-state index in [0.29, 0.717) is 0 Å². The predicted molar refractivity (Wildman–Crippen MR) is 60.2 cm³/mol. The highest BCUT2D eigenvalue weighted by atomic mass is 16.3. The lowest BCUT2D eigenvalue weighted by Crippen LogP contribution is -2.07. The lowest BCUT2D eigenvalue weighted by atomic mass is 10.0. The van der Waals surface area contributed by atoms with Crippen molar-refractivity contribution in [3.8, 4) is 0 Å². The highest BCUT2D eigenvalue weighted by Crippen LogP contribution is 2.08. The molecule has 0 saturated carbocycles. The molecule has 0 heterocycles. The van der Waals surface area contributed by atoms with Gasteiger partial charge in [0, 0.05) is 0 Å². The Morgan fingerprint density at radius 2 is 1.93 bits per heavy atom. The summed E-state index contributed by atoms with van der Waals surface area (Å²) in [6, 6.07) is 10.3. The third kappa shape index (κ3) is 4.24. The van der Waals surface area contributed by atoms with Crippen LogP contribution in [0.1, 0.15) is 24.8 Å². The molecule has 1 atom stereocenters. The first kappa shape index (κ1) is 11.0. The third-order valence-corrected chi connectivity index (χ3v) is 2.31. The molecule has 0 spiro atoms. The zero-order chi connectivity index (χ0) is 10.2. The van der Waals surface area contributed by atoms with Gasteiger partial charge in [-0.2, -0.15) is 0 Å². The molecule has 0 saturated heterocycles. The van der Waals surface area contributed by atoms with Gasteiger partial charge in [0.1, 0.15) is 0 Å². The van der Waals surface area contributed by atoms with Gasteiger partial charge in [-0.25, -0.2) is 0 Å². The zero-order valence-electron chi connectivity index (χ0n) is 8.52. The van der Waals surface area contributed by atoms with Crippen LogP contribution in [0.15, 0.2) is 43.0 Å². The molecule has 0 fully saturated rings. The van der Waals surface area contributed by atoms with Gasteiger partial charge in [-0.3, -0.25) is 0 Å². The smallest absolute Gasteiger partial charge is 0.0546 e. The molecule has 1 unspecified atom stereocenters. The van der Waals surface area contributed by atoms with Gasteiger partial charge in [0.05, 0.1) is 6.10 Å². The molecule has 14 heavy (non-hydrogen) atoms. The van der Waals surface area contributed by atoms with E-state index < -0.39 is 0 Å². The van der Waals surface area contributed by atoms with Gasteiger partial charge in [-0.05, 0) is 31.2 Å². The molecule has 1 heteroatoms. The lowest BCUT2D eigenvalue weighted by molar-refractivity contribution is 0.156. The summed E-state index contributed by atoms with van der Waals surface area (Å²) >= 11 is 0. The summed E-state index contributed by atoms with van der Waals surface area (Å²) < 4.78 is 0. The van der Waals surface area contributed by atoms with Crippen LogP contribution in [0, 0.1) is 0 Å². The van der Waals surface area contributed by atoms with Gasteiger partial charge in [-0.1, -0.05) is 36.4 Å². The summed E-state index contributed by atoms with van der Waals surface area (Å²) in [6.45, 7) is 3.64. The average molecular weight is 190 g/mol. The van der Waals surface area contributed by atoms with Gasteiger partial charge in [0.25, 0.3) is 0 Å². The summed E-state index contributed by atoms with van der Waals surface area (Å²) in [5.74, 6) is 0. The Balaban J connectivity index is 2.23. The van der Waals surface area contributed by atoms with Crippen LogP contribution < -0.4 is 0 Å². The van der Waals surface area contributed by atoms with Crippen molar-refractivity contribution in [1.29, 1.82) is 0 Å². The Morgan fingerprint density at radius 1 is 1.21 bits per heavy atom. The van der Waals surface area contributed by atoms with E-state index in [1.807, 2.05) is 24.3 Å². The summed E-state index contributed by atoms with van der Waals surface area (Å²) in [5.41, 5.74) is 1.30. The van der Waals surface area contributed by atoms with E-state index in [1.165, 1.54) is 5.56 Å². The Labute approximate surface area is 86.1 Å². The van der Waals surface area contributed by atoms with E-state index >= 15 is 0 Å². The number of allylic oxidation sites excluding steroid dienone is 1. The highest BCUT2D eigenvalue weighted by molar-refractivity contribution is 5.14. The van der Waals surface area contributed by atoms with Gasteiger partial charge < -0.3 is 5.11 Å². The minimum atomic E-state index is -0.187. The maximum Gasteiger partial charge on any atom is 0.0546 e. The molecular formula is C13H18O. The number of aliphatic hydroxyl groups is 1. The van der Waals surface area contributed by atoms with E-state index in [9.17, 15) is 5.11 Å². The summed E-state index contributed by atoms with van der Waals surface area (Å²) in [7, 11) is 0. The van der Waals surface area contributed by atoms with Crippen molar-refractivity contribution in [3.63, 3.8) is 0 Å². The van der Waals surface area contributed by atoms with Crippen molar-refractivity contribution < 1.29 is 5.11 Å². The van der Waals surface area contributed by atoms with Crippen LogP contribution in [0.25, 0.3) is 0 Å². The third-order valence-electron chi connectivity index (χ3n) is 2.31. The number of aryl methyl sites for hydroxylation is 1. The van der Waals surface area contributed by atoms with Crippen molar-refractivity contribution in [1.82, 2.24) is 0 Å². The largest absolute Gasteiger partial charge is 0.393 e. The Hall–Kier alpha value is -1.08. The molecule has 0 bridgehead atoms. The molecule has 0 aliphatic heterocycles. The molecule has 76 valence electrons. The first-order valence-electron chi connectivity index (χ1n) is 5.16. The van der Waals surface area contributed by atoms with Gasteiger partial charge in [0.15, 0.2) is 0 Å². The van der Waals surface area contributed by atoms with Crippen LogP contribution in [-0.4, -0.2) is 11.2 Å². The molecule has 0 amide bonds. The fraction of sp³-hybridized carbons (Fsp3) is 0.385. The number of benzene rings is 1. The second-order valence-electron chi connectivity index (χ2n) is 3.54. The Kier molecular flexibility index (Phi) is 5.02. The molecule has 0 aromatic heterocycles. The lowest BCUT2D eigenvalue weighted by Gasteiger charge is -2.08. The average Bonchev–Trinajstić information content (AvgIpc) is 2.25. The summed E-state index contributed by atoms with van der Waals surface area (Å²) in [4.78, 5) is 0. The zero-order valence-corrected chi connectivity index (χ0v) is 8.52. The molecule has 0 radical (unpaired) electrons. The molecule has 1 aromatic carbocycles. The number of hydrogen-bond donors (Lipinski definition) is 1. The van der Waals surface area contributed by atoms with E-state index in [0.717, 1.165) is 25.7 Å². The first-order chi connectivity index (χ1) is 6.83. The normalized spacial score (nSPS) is 12.4. The Bertz CT molecular complexity index is 253. The molecule has 1 aromatic rings. The molecule has 0 aliphatic carbocycles. The van der Waals surface area contributed by atoms with E-state index in [2.05, 4.69) is 18.7 Å². The second kappa shape index (κ2) is 6.39. The predicted octanol–water partition coefficient (Wildman–Crippen LogP) is 2.95.